The average molecular weight is 212 g/mol. The van der Waals surface area contributed by atoms with Gasteiger partial charge in [0.25, 0.3) is 0 Å². The fraction of sp³-hybridized carbons (Fsp3) is 0.500. The number of methoxy groups -OCH3 is 1. The molecular weight excluding hydrogens is 200 g/mol. The van der Waals surface area contributed by atoms with Gasteiger partial charge in [-0.15, -0.1) is 0 Å². The highest BCUT2D eigenvalue weighted by Crippen LogP contribution is 2.41. The molecule has 1 aliphatic heterocycles. The van der Waals surface area contributed by atoms with Gasteiger partial charge in [-0.2, -0.15) is 0 Å². The standard InChI is InChI=1S/C10H12O5/c1-9(12)6-4-3-5-10(13,14-2)7(6)8(11)15-9/h3-4,12-13H,5H2,1-2H3. The van der Waals surface area contributed by atoms with E-state index in [2.05, 4.69) is 0 Å². The molecule has 0 spiro atoms. The lowest BCUT2D eigenvalue weighted by Gasteiger charge is -2.28. The number of hydrogen-bond donors (Lipinski definition) is 2. The number of cyclic esters (lactones) is 1. The van der Waals surface area contributed by atoms with Crippen LogP contribution in [0.25, 0.3) is 0 Å². The van der Waals surface area contributed by atoms with Crippen LogP contribution in [0.15, 0.2) is 23.3 Å². The third kappa shape index (κ3) is 1.31. The lowest BCUT2D eigenvalue weighted by molar-refractivity contribution is -0.182. The lowest BCUT2D eigenvalue weighted by Crippen LogP contribution is -2.37. The number of rotatable bonds is 1. The summed E-state index contributed by atoms with van der Waals surface area (Å²) in [5.74, 6) is -4.12. The van der Waals surface area contributed by atoms with Gasteiger partial charge in [0.1, 0.15) is 5.57 Å². The third-order valence-electron chi connectivity index (χ3n) is 2.67. The number of ether oxygens (including phenoxy) is 2. The molecule has 0 amide bonds. The molecule has 0 aromatic heterocycles. The molecule has 0 radical (unpaired) electrons. The van der Waals surface area contributed by atoms with E-state index in [1.807, 2.05) is 0 Å². The molecule has 1 aliphatic carbocycles. The van der Waals surface area contributed by atoms with Gasteiger partial charge >= 0.3 is 5.97 Å². The molecule has 0 saturated heterocycles. The number of aliphatic hydroxyl groups is 2. The Bertz CT molecular complexity index is 379. The number of carbonyl (C=O) groups is 1. The summed E-state index contributed by atoms with van der Waals surface area (Å²) in [6, 6.07) is 0. The first-order chi connectivity index (χ1) is 6.91. The van der Waals surface area contributed by atoms with Crippen LogP contribution < -0.4 is 0 Å². The topological polar surface area (TPSA) is 76.0 Å². The average Bonchev–Trinajstić information content (AvgIpc) is 2.39. The number of esters is 1. The zero-order valence-electron chi connectivity index (χ0n) is 8.48. The van der Waals surface area contributed by atoms with E-state index >= 15 is 0 Å². The monoisotopic (exact) mass is 212 g/mol. The van der Waals surface area contributed by atoms with Gasteiger partial charge < -0.3 is 19.7 Å². The summed E-state index contributed by atoms with van der Waals surface area (Å²) in [5.41, 5.74) is 0.237. The Hall–Kier alpha value is -1.17. The molecule has 2 rings (SSSR count). The largest absolute Gasteiger partial charge is 0.426 e. The summed E-state index contributed by atoms with van der Waals surface area (Å²) < 4.78 is 9.64. The molecule has 0 aromatic rings. The fourth-order valence-corrected chi connectivity index (χ4v) is 1.86. The summed E-state index contributed by atoms with van der Waals surface area (Å²) in [5, 5.41) is 19.8. The maximum absolute atomic E-state index is 11.5. The zero-order chi connectivity index (χ0) is 11.3. The lowest BCUT2D eigenvalue weighted by atomic mass is 9.90. The predicted molar refractivity (Wildman–Crippen MR) is 49.5 cm³/mol. The number of carbonyl (C=O) groups excluding carboxylic acids is 1. The van der Waals surface area contributed by atoms with Crippen LogP contribution in [0.3, 0.4) is 0 Å². The van der Waals surface area contributed by atoms with Gasteiger partial charge in [0, 0.05) is 26.0 Å². The Morgan fingerprint density at radius 3 is 2.80 bits per heavy atom. The summed E-state index contributed by atoms with van der Waals surface area (Å²) in [6.07, 6.45) is 3.35. The van der Waals surface area contributed by atoms with E-state index in [9.17, 15) is 15.0 Å². The Labute approximate surface area is 86.6 Å². The highest BCUT2D eigenvalue weighted by Gasteiger charge is 2.51. The molecule has 2 unspecified atom stereocenters. The molecule has 82 valence electrons. The van der Waals surface area contributed by atoms with E-state index < -0.39 is 17.5 Å². The van der Waals surface area contributed by atoms with E-state index in [1.54, 1.807) is 12.2 Å². The molecule has 2 atom stereocenters. The Kier molecular flexibility index (Phi) is 2.01. The molecule has 0 bridgehead atoms. The van der Waals surface area contributed by atoms with E-state index in [0.717, 1.165) is 0 Å². The van der Waals surface area contributed by atoms with Crippen molar-refractivity contribution in [2.24, 2.45) is 0 Å². The van der Waals surface area contributed by atoms with Crippen LogP contribution in [0, 0.1) is 0 Å². The van der Waals surface area contributed by atoms with Crippen molar-refractivity contribution in [3.8, 4) is 0 Å². The molecule has 15 heavy (non-hydrogen) atoms. The second-order valence-corrected chi connectivity index (χ2v) is 3.76. The molecule has 5 nitrogen and oxygen atoms in total. The highest BCUT2D eigenvalue weighted by molar-refractivity contribution is 5.95. The van der Waals surface area contributed by atoms with Crippen LogP contribution >= 0.6 is 0 Å². The molecule has 0 fully saturated rings. The zero-order valence-corrected chi connectivity index (χ0v) is 8.48. The first kappa shape index (κ1) is 10.4. The smallest absolute Gasteiger partial charge is 0.342 e. The molecular formula is C10H12O5. The summed E-state index contributed by atoms with van der Waals surface area (Å²) in [4.78, 5) is 11.5. The molecule has 0 aromatic carbocycles. The Morgan fingerprint density at radius 1 is 1.53 bits per heavy atom. The van der Waals surface area contributed by atoms with Crippen LogP contribution in [-0.2, 0) is 14.3 Å². The van der Waals surface area contributed by atoms with E-state index in [1.165, 1.54) is 14.0 Å². The minimum Gasteiger partial charge on any atom is -0.426 e. The van der Waals surface area contributed by atoms with Crippen LogP contribution in [0.4, 0.5) is 0 Å². The van der Waals surface area contributed by atoms with Gasteiger partial charge in [-0.05, 0) is 0 Å². The van der Waals surface area contributed by atoms with Gasteiger partial charge in [0.05, 0.1) is 0 Å². The first-order valence-electron chi connectivity index (χ1n) is 4.56. The highest BCUT2D eigenvalue weighted by atomic mass is 16.7. The minimum absolute atomic E-state index is 0.0162. The van der Waals surface area contributed by atoms with Crippen molar-refractivity contribution in [3.63, 3.8) is 0 Å². The maximum atomic E-state index is 11.5. The van der Waals surface area contributed by atoms with Crippen molar-refractivity contribution in [1.29, 1.82) is 0 Å². The molecule has 2 aliphatic rings. The summed E-state index contributed by atoms with van der Waals surface area (Å²) in [7, 11) is 1.30. The van der Waals surface area contributed by atoms with Crippen molar-refractivity contribution in [2.75, 3.05) is 7.11 Å². The van der Waals surface area contributed by atoms with Gasteiger partial charge in [-0.1, -0.05) is 12.2 Å². The van der Waals surface area contributed by atoms with Crippen molar-refractivity contribution in [1.82, 2.24) is 0 Å². The van der Waals surface area contributed by atoms with Crippen LogP contribution in [0.1, 0.15) is 13.3 Å². The quantitative estimate of drug-likeness (QED) is 0.466. The second kappa shape index (κ2) is 2.91. The van der Waals surface area contributed by atoms with Gasteiger partial charge in [-0.3, -0.25) is 0 Å². The SMILES string of the molecule is COC1(O)CC=CC2=C1C(=O)OC2(C)O. The molecule has 5 heteroatoms. The Balaban J connectivity index is 2.57. The molecule has 1 heterocycles. The van der Waals surface area contributed by atoms with Gasteiger partial charge in [0.15, 0.2) is 0 Å². The van der Waals surface area contributed by atoms with Crippen molar-refractivity contribution in [3.05, 3.63) is 23.3 Å². The van der Waals surface area contributed by atoms with Crippen LogP contribution in [0.5, 0.6) is 0 Å². The maximum Gasteiger partial charge on any atom is 0.342 e. The predicted octanol–water partition coefficient (Wildman–Crippen LogP) is -0.157. The second-order valence-electron chi connectivity index (χ2n) is 3.76. The Morgan fingerprint density at radius 2 is 2.20 bits per heavy atom. The first-order valence-corrected chi connectivity index (χ1v) is 4.56. The van der Waals surface area contributed by atoms with Crippen molar-refractivity contribution >= 4 is 5.97 Å². The van der Waals surface area contributed by atoms with E-state index in [-0.39, 0.29) is 17.6 Å². The van der Waals surface area contributed by atoms with Gasteiger partial charge in [-0.25, -0.2) is 4.79 Å². The number of hydrogen-bond acceptors (Lipinski definition) is 5. The summed E-state index contributed by atoms with van der Waals surface area (Å²) in [6.45, 7) is 1.35. The fourth-order valence-electron chi connectivity index (χ4n) is 1.86. The van der Waals surface area contributed by atoms with Crippen molar-refractivity contribution < 1.29 is 24.5 Å². The normalized spacial score (nSPS) is 39.3. The van der Waals surface area contributed by atoms with Crippen molar-refractivity contribution in [2.45, 2.75) is 24.9 Å². The molecule has 0 saturated carbocycles. The van der Waals surface area contributed by atoms with E-state index in [0.29, 0.717) is 0 Å². The minimum atomic E-state index is -1.69. The van der Waals surface area contributed by atoms with Crippen LogP contribution in [-0.4, -0.2) is 34.9 Å². The molecule has 2 N–H and O–H groups in total. The van der Waals surface area contributed by atoms with Crippen LogP contribution in [0.2, 0.25) is 0 Å². The third-order valence-corrected chi connectivity index (χ3v) is 2.67. The van der Waals surface area contributed by atoms with E-state index in [4.69, 9.17) is 9.47 Å². The summed E-state index contributed by atoms with van der Waals surface area (Å²) >= 11 is 0. The van der Waals surface area contributed by atoms with Gasteiger partial charge in [0.2, 0.25) is 11.6 Å².